The van der Waals surface area contributed by atoms with Crippen LogP contribution >= 0.6 is 23.4 Å². The minimum Gasteiger partial charge on any atom is -0.397 e. The highest BCUT2D eigenvalue weighted by Gasteiger charge is 2.28. The number of fused-ring (bicyclic) bond motifs is 1. The molecule has 0 saturated carbocycles. The zero-order valence-electron chi connectivity index (χ0n) is 10.6. The second kappa shape index (κ2) is 5.38. The van der Waals surface area contributed by atoms with Crippen molar-refractivity contribution in [3.8, 4) is 0 Å². The Bertz CT molecular complexity index is 650. The Morgan fingerprint density at radius 1 is 1.30 bits per heavy atom. The Hall–Kier alpha value is -1.65. The van der Waals surface area contributed by atoms with Crippen molar-refractivity contribution < 1.29 is 4.79 Å². The molecule has 1 aliphatic rings. The van der Waals surface area contributed by atoms with E-state index in [9.17, 15) is 4.79 Å². The van der Waals surface area contributed by atoms with E-state index in [1.165, 1.54) is 10.5 Å². The van der Waals surface area contributed by atoms with Crippen LogP contribution in [0.3, 0.4) is 0 Å². The van der Waals surface area contributed by atoms with Gasteiger partial charge in [0.15, 0.2) is 0 Å². The van der Waals surface area contributed by atoms with E-state index in [4.69, 9.17) is 17.3 Å². The van der Waals surface area contributed by atoms with Gasteiger partial charge in [0.2, 0.25) is 5.91 Å². The lowest BCUT2D eigenvalue weighted by molar-refractivity contribution is -0.115. The highest BCUT2D eigenvalue weighted by atomic mass is 35.5. The van der Waals surface area contributed by atoms with Crippen LogP contribution in [0.25, 0.3) is 0 Å². The molecule has 0 bridgehead atoms. The van der Waals surface area contributed by atoms with Gasteiger partial charge >= 0.3 is 0 Å². The van der Waals surface area contributed by atoms with Crippen LogP contribution in [0.2, 0.25) is 5.02 Å². The first-order chi connectivity index (χ1) is 9.63. The number of carbonyl (C=O) groups is 1. The molecule has 20 heavy (non-hydrogen) atoms. The summed E-state index contributed by atoms with van der Waals surface area (Å²) in [6.45, 7) is 0. The number of halogens is 1. The van der Waals surface area contributed by atoms with E-state index in [1.54, 1.807) is 30.0 Å². The summed E-state index contributed by atoms with van der Waals surface area (Å²) in [5.41, 5.74) is 8.16. The van der Waals surface area contributed by atoms with E-state index in [-0.39, 0.29) is 11.2 Å². The number of thioether (sulfide) groups is 1. The normalized spacial score (nSPS) is 16.8. The Balaban J connectivity index is 1.72. The summed E-state index contributed by atoms with van der Waals surface area (Å²) < 4.78 is 0. The zero-order chi connectivity index (χ0) is 14.1. The molecule has 0 fully saturated rings. The van der Waals surface area contributed by atoms with E-state index in [0.717, 1.165) is 6.42 Å². The minimum absolute atomic E-state index is 0.0276. The summed E-state index contributed by atoms with van der Waals surface area (Å²) in [7, 11) is 0. The van der Waals surface area contributed by atoms with Gasteiger partial charge in [-0.05, 0) is 36.2 Å². The number of hydrogen-bond donors (Lipinski definition) is 2. The number of hydrogen-bond acceptors (Lipinski definition) is 3. The summed E-state index contributed by atoms with van der Waals surface area (Å²) in [5.74, 6) is -0.0276. The molecule has 1 heterocycles. The lowest BCUT2D eigenvalue weighted by Gasteiger charge is -2.12. The highest BCUT2D eigenvalue weighted by molar-refractivity contribution is 8.01. The molecular weight excluding hydrogens is 292 g/mol. The predicted octanol–water partition coefficient (Wildman–Crippen LogP) is 3.58. The number of benzene rings is 2. The molecule has 1 atom stereocenters. The van der Waals surface area contributed by atoms with E-state index in [2.05, 4.69) is 11.4 Å². The maximum atomic E-state index is 12.3. The summed E-state index contributed by atoms with van der Waals surface area (Å²) in [6.07, 6.45) is 0.750. The van der Waals surface area contributed by atoms with Gasteiger partial charge in [0, 0.05) is 9.92 Å². The van der Waals surface area contributed by atoms with E-state index >= 15 is 0 Å². The van der Waals surface area contributed by atoms with Crippen molar-refractivity contribution in [2.24, 2.45) is 0 Å². The lowest BCUT2D eigenvalue weighted by Crippen LogP contribution is -2.25. The van der Waals surface area contributed by atoms with E-state index in [0.29, 0.717) is 16.4 Å². The minimum atomic E-state index is -0.109. The number of nitrogen functional groups attached to an aromatic ring is 1. The molecule has 2 aromatic carbocycles. The molecule has 5 heteroatoms. The monoisotopic (exact) mass is 304 g/mol. The fourth-order valence-corrected chi connectivity index (χ4v) is 3.56. The third-order valence-corrected chi connectivity index (χ3v) is 4.76. The molecule has 0 saturated heterocycles. The van der Waals surface area contributed by atoms with E-state index in [1.807, 2.05) is 18.2 Å². The molecule has 1 amide bonds. The SMILES string of the molecule is Nc1cc(Cl)ccc1NC(=O)C1Cc2ccccc2S1. The van der Waals surface area contributed by atoms with Crippen molar-refractivity contribution in [1.29, 1.82) is 0 Å². The maximum Gasteiger partial charge on any atom is 0.238 e. The number of nitrogens with one attached hydrogen (secondary N) is 1. The molecule has 1 unspecified atom stereocenters. The molecule has 3 N–H and O–H groups in total. The van der Waals surface area contributed by atoms with Crippen LogP contribution in [0.5, 0.6) is 0 Å². The van der Waals surface area contributed by atoms with Crippen molar-refractivity contribution in [2.45, 2.75) is 16.6 Å². The standard InChI is InChI=1S/C15H13ClN2OS/c16-10-5-6-12(11(17)8-10)18-15(19)14-7-9-3-1-2-4-13(9)20-14/h1-6,8,14H,7,17H2,(H,18,19). The van der Waals surface area contributed by atoms with Crippen LogP contribution in [-0.2, 0) is 11.2 Å². The van der Waals surface area contributed by atoms with Crippen LogP contribution < -0.4 is 11.1 Å². The molecule has 0 spiro atoms. The Labute approximate surface area is 126 Å². The molecule has 3 nitrogen and oxygen atoms in total. The summed E-state index contributed by atoms with van der Waals surface area (Å²) >= 11 is 7.44. The van der Waals surface area contributed by atoms with Gasteiger partial charge in [0.25, 0.3) is 0 Å². The van der Waals surface area contributed by atoms with Crippen molar-refractivity contribution in [1.82, 2.24) is 0 Å². The smallest absolute Gasteiger partial charge is 0.238 e. The second-order valence-corrected chi connectivity index (χ2v) is 6.32. The Morgan fingerprint density at radius 2 is 2.10 bits per heavy atom. The summed E-state index contributed by atoms with van der Waals surface area (Å²) in [6, 6.07) is 13.2. The van der Waals surface area contributed by atoms with Gasteiger partial charge in [-0.3, -0.25) is 4.79 Å². The quantitative estimate of drug-likeness (QED) is 0.834. The molecule has 3 rings (SSSR count). The van der Waals surface area contributed by atoms with Gasteiger partial charge in [-0.15, -0.1) is 11.8 Å². The van der Waals surface area contributed by atoms with Crippen LogP contribution in [-0.4, -0.2) is 11.2 Å². The average molecular weight is 305 g/mol. The number of nitrogens with two attached hydrogens (primary N) is 1. The van der Waals surface area contributed by atoms with Crippen LogP contribution in [0.4, 0.5) is 11.4 Å². The van der Waals surface area contributed by atoms with Gasteiger partial charge < -0.3 is 11.1 Å². The van der Waals surface area contributed by atoms with Crippen molar-refractivity contribution >= 4 is 40.6 Å². The number of carbonyl (C=O) groups excluding carboxylic acids is 1. The molecule has 2 aromatic rings. The topological polar surface area (TPSA) is 55.1 Å². The number of amides is 1. The third kappa shape index (κ3) is 2.62. The van der Waals surface area contributed by atoms with Gasteiger partial charge in [0.1, 0.15) is 0 Å². The predicted molar refractivity (Wildman–Crippen MR) is 84.3 cm³/mol. The third-order valence-electron chi connectivity index (χ3n) is 3.21. The van der Waals surface area contributed by atoms with Gasteiger partial charge in [-0.2, -0.15) is 0 Å². The summed E-state index contributed by atoms with van der Waals surface area (Å²) in [5, 5.41) is 3.32. The van der Waals surface area contributed by atoms with Crippen molar-refractivity contribution in [2.75, 3.05) is 11.1 Å². The number of anilines is 2. The average Bonchev–Trinajstić information content (AvgIpc) is 2.86. The molecule has 0 aliphatic carbocycles. The van der Waals surface area contributed by atoms with Crippen molar-refractivity contribution in [3.63, 3.8) is 0 Å². The summed E-state index contributed by atoms with van der Waals surface area (Å²) in [4.78, 5) is 13.5. The molecule has 1 aliphatic heterocycles. The lowest BCUT2D eigenvalue weighted by atomic mass is 10.1. The second-order valence-electron chi connectivity index (χ2n) is 4.64. The van der Waals surface area contributed by atoms with E-state index < -0.39 is 0 Å². The zero-order valence-corrected chi connectivity index (χ0v) is 12.2. The van der Waals surface area contributed by atoms with Gasteiger partial charge in [-0.1, -0.05) is 29.8 Å². The van der Waals surface area contributed by atoms with Gasteiger partial charge in [0.05, 0.1) is 16.6 Å². The van der Waals surface area contributed by atoms with Crippen molar-refractivity contribution in [3.05, 3.63) is 53.1 Å². The van der Waals surface area contributed by atoms with Crippen LogP contribution in [0, 0.1) is 0 Å². The fourth-order valence-electron chi connectivity index (χ4n) is 2.19. The maximum absolute atomic E-state index is 12.3. The van der Waals surface area contributed by atoms with Crippen LogP contribution in [0.1, 0.15) is 5.56 Å². The van der Waals surface area contributed by atoms with Gasteiger partial charge in [-0.25, -0.2) is 0 Å². The molecular formula is C15H13ClN2OS. The molecule has 0 aromatic heterocycles. The fraction of sp³-hybridized carbons (Fsp3) is 0.133. The molecule has 0 radical (unpaired) electrons. The highest BCUT2D eigenvalue weighted by Crippen LogP contribution is 2.37. The first-order valence-electron chi connectivity index (χ1n) is 6.24. The Morgan fingerprint density at radius 3 is 2.85 bits per heavy atom. The Kier molecular flexibility index (Phi) is 3.59. The van der Waals surface area contributed by atoms with Crippen LogP contribution in [0.15, 0.2) is 47.4 Å². The first kappa shape index (κ1) is 13.3. The largest absolute Gasteiger partial charge is 0.397 e. The first-order valence-corrected chi connectivity index (χ1v) is 7.50. The number of rotatable bonds is 2. The molecule has 102 valence electrons.